The summed E-state index contributed by atoms with van der Waals surface area (Å²) >= 11 is 8.18. The fourth-order valence-electron chi connectivity index (χ4n) is 2.34. The zero-order valence-corrected chi connectivity index (χ0v) is 19.1. The van der Waals surface area contributed by atoms with E-state index in [0.29, 0.717) is 11.3 Å². The van der Waals surface area contributed by atoms with Crippen LogP contribution >= 0.6 is 43.8 Å². The number of carbonyl (C=O) groups is 2. The van der Waals surface area contributed by atoms with Crippen LogP contribution in [-0.2, 0) is 4.79 Å². The second kappa shape index (κ2) is 10.5. The molecule has 0 saturated carbocycles. The molecule has 0 aliphatic carbocycles. The van der Waals surface area contributed by atoms with E-state index in [1.54, 1.807) is 30.3 Å². The molecule has 0 aliphatic rings. The van der Waals surface area contributed by atoms with Crippen molar-refractivity contribution in [1.82, 2.24) is 5.32 Å². The number of anilines is 2. The summed E-state index contributed by atoms with van der Waals surface area (Å²) in [6.07, 6.45) is 0. The first-order valence-corrected chi connectivity index (χ1v) is 11.0. The van der Waals surface area contributed by atoms with Gasteiger partial charge in [-0.1, -0.05) is 37.9 Å². The zero-order chi connectivity index (χ0) is 20.6. The van der Waals surface area contributed by atoms with Crippen LogP contribution in [0.2, 0.25) is 0 Å². The molecule has 3 aromatic carbocycles. The van der Waals surface area contributed by atoms with Crippen LogP contribution in [0.4, 0.5) is 11.4 Å². The van der Waals surface area contributed by atoms with Gasteiger partial charge in [0.25, 0.3) is 5.91 Å². The maximum Gasteiger partial charge on any atom is 0.251 e. The van der Waals surface area contributed by atoms with Gasteiger partial charge < -0.3 is 15.4 Å². The first-order valence-electron chi connectivity index (χ1n) is 8.62. The van der Waals surface area contributed by atoms with E-state index in [4.69, 9.17) is 0 Å². The topological polar surface area (TPSA) is 70.2 Å². The van der Waals surface area contributed by atoms with Gasteiger partial charge >= 0.3 is 0 Å². The van der Waals surface area contributed by atoms with Crippen molar-refractivity contribution < 1.29 is 9.59 Å². The first-order chi connectivity index (χ1) is 14.0. The lowest BCUT2D eigenvalue weighted by atomic mass is 10.2. The van der Waals surface area contributed by atoms with Crippen LogP contribution in [0.3, 0.4) is 0 Å². The third kappa shape index (κ3) is 6.92. The van der Waals surface area contributed by atoms with E-state index in [0.717, 1.165) is 19.5 Å². The molecule has 3 rings (SSSR count). The fourth-order valence-corrected chi connectivity index (χ4v) is 3.58. The van der Waals surface area contributed by atoms with Gasteiger partial charge in [0.2, 0.25) is 5.91 Å². The summed E-state index contributed by atoms with van der Waals surface area (Å²) in [6.45, 7) is -0.108. The Morgan fingerprint density at radius 3 is 2.17 bits per heavy atom. The van der Waals surface area contributed by atoms with Gasteiger partial charge in [-0.2, -0.15) is 0 Å². The monoisotopic (exact) mass is 533 g/mol. The maximum atomic E-state index is 12.2. The van der Waals surface area contributed by atoms with Gasteiger partial charge in [-0.25, -0.2) is 0 Å². The quantitative estimate of drug-likeness (QED) is 0.340. The Bertz CT molecular complexity index is 996. The van der Waals surface area contributed by atoms with Crippen molar-refractivity contribution in [2.75, 3.05) is 16.6 Å². The largest absolute Gasteiger partial charge is 0.343 e. The molecule has 0 spiro atoms. The van der Waals surface area contributed by atoms with Crippen LogP contribution in [0, 0.1) is 0 Å². The van der Waals surface area contributed by atoms with Gasteiger partial charge in [0, 0.05) is 30.8 Å². The van der Waals surface area contributed by atoms with Gasteiger partial charge in [-0.05, 0) is 78.7 Å². The van der Waals surface area contributed by atoms with Gasteiger partial charge in [0.15, 0.2) is 0 Å². The molecule has 3 aromatic rings. The minimum Gasteiger partial charge on any atom is -0.343 e. The number of rotatable bonds is 7. The van der Waals surface area contributed by atoms with Gasteiger partial charge in [0.05, 0.1) is 6.54 Å². The first kappa shape index (κ1) is 21.4. The molecule has 29 heavy (non-hydrogen) atoms. The average molecular weight is 535 g/mol. The summed E-state index contributed by atoms with van der Waals surface area (Å²) in [5, 5.41) is 5.41. The Balaban J connectivity index is 1.49. The van der Waals surface area contributed by atoms with Crippen molar-refractivity contribution >= 4 is 67.0 Å². The minimum atomic E-state index is -0.296. The Kier molecular flexibility index (Phi) is 7.74. The molecular formula is C21H17Br2N3O2S. The number of nitrogens with one attached hydrogen (secondary N) is 3. The van der Waals surface area contributed by atoms with Crippen LogP contribution < -0.4 is 15.4 Å². The minimum absolute atomic E-state index is 0.108. The normalized spacial score (nSPS) is 10.3. The van der Waals surface area contributed by atoms with E-state index in [1.165, 1.54) is 11.9 Å². The Hall–Kier alpha value is -2.29. The Morgan fingerprint density at radius 1 is 0.828 bits per heavy atom. The Morgan fingerprint density at radius 2 is 1.48 bits per heavy atom. The number of hydrogen-bond donors (Lipinski definition) is 3. The van der Waals surface area contributed by atoms with Crippen LogP contribution in [0.1, 0.15) is 10.4 Å². The highest BCUT2D eigenvalue weighted by Gasteiger charge is 2.08. The lowest BCUT2D eigenvalue weighted by Gasteiger charge is -2.09. The van der Waals surface area contributed by atoms with Gasteiger partial charge in [-0.15, -0.1) is 0 Å². The summed E-state index contributed by atoms with van der Waals surface area (Å²) in [6, 6.07) is 22.3. The molecule has 3 N–H and O–H groups in total. The molecule has 8 heteroatoms. The fraction of sp³-hybridized carbons (Fsp3) is 0.0476. The van der Waals surface area contributed by atoms with E-state index in [9.17, 15) is 9.59 Å². The summed E-state index contributed by atoms with van der Waals surface area (Å²) in [4.78, 5) is 25.2. The molecule has 0 aromatic heterocycles. The molecule has 5 nitrogen and oxygen atoms in total. The summed E-state index contributed by atoms with van der Waals surface area (Å²) < 4.78 is 5.16. The summed E-state index contributed by atoms with van der Waals surface area (Å²) in [5.41, 5.74) is 2.14. The highest BCUT2D eigenvalue weighted by Crippen LogP contribution is 2.24. The zero-order valence-electron chi connectivity index (χ0n) is 15.1. The molecular weight excluding hydrogens is 518 g/mol. The molecule has 0 atom stereocenters. The lowest BCUT2D eigenvalue weighted by molar-refractivity contribution is -0.115. The second-order valence-corrected chi connectivity index (χ2v) is 8.69. The predicted molar refractivity (Wildman–Crippen MR) is 125 cm³/mol. The smallest absolute Gasteiger partial charge is 0.251 e. The second-order valence-electron chi connectivity index (χ2n) is 5.98. The van der Waals surface area contributed by atoms with E-state index in [-0.39, 0.29) is 18.4 Å². The Labute approximate surface area is 190 Å². The summed E-state index contributed by atoms with van der Waals surface area (Å²) in [5.74, 6) is -0.589. The van der Waals surface area contributed by atoms with Crippen LogP contribution in [0.5, 0.6) is 0 Å². The number of carbonyl (C=O) groups excluding carboxylic acids is 2. The van der Waals surface area contributed by atoms with Crippen molar-refractivity contribution in [3.05, 3.63) is 87.3 Å². The molecule has 0 aliphatic heterocycles. The third-order valence-electron chi connectivity index (χ3n) is 3.76. The molecule has 148 valence electrons. The molecule has 0 fully saturated rings. The number of benzene rings is 3. The lowest BCUT2D eigenvalue weighted by Crippen LogP contribution is -2.32. The summed E-state index contributed by atoms with van der Waals surface area (Å²) in [7, 11) is 0. The predicted octanol–water partition coefficient (Wildman–Crippen LogP) is 5.70. The van der Waals surface area contributed by atoms with Gasteiger partial charge in [0.1, 0.15) is 0 Å². The molecule has 0 bridgehead atoms. The van der Waals surface area contributed by atoms with E-state index < -0.39 is 0 Å². The molecule has 0 unspecified atom stereocenters. The average Bonchev–Trinajstić information content (AvgIpc) is 2.72. The van der Waals surface area contributed by atoms with E-state index in [1.807, 2.05) is 42.5 Å². The van der Waals surface area contributed by atoms with Gasteiger partial charge in [-0.3, -0.25) is 9.59 Å². The number of hydrogen-bond acceptors (Lipinski definition) is 4. The molecule has 0 saturated heterocycles. The van der Waals surface area contributed by atoms with Crippen molar-refractivity contribution in [3.8, 4) is 0 Å². The van der Waals surface area contributed by atoms with Crippen LogP contribution in [-0.4, -0.2) is 18.4 Å². The molecule has 0 heterocycles. The number of halogens is 2. The van der Waals surface area contributed by atoms with E-state index in [2.05, 4.69) is 47.2 Å². The SMILES string of the molecule is O=C(CNC(=O)c1ccc(Br)cc1)Nc1cccc(SNc2ccc(Br)cc2)c1. The highest BCUT2D eigenvalue weighted by molar-refractivity contribution is 9.10. The highest BCUT2D eigenvalue weighted by atomic mass is 79.9. The third-order valence-corrected chi connectivity index (χ3v) is 5.65. The van der Waals surface area contributed by atoms with Crippen molar-refractivity contribution in [2.24, 2.45) is 0 Å². The number of amides is 2. The van der Waals surface area contributed by atoms with Crippen molar-refractivity contribution in [1.29, 1.82) is 0 Å². The van der Waals surface area contributed by atoms with Crippen LogP contribution in [0.25, 0.3) is 0 Å². The molecule has 0 radical (unpaired) electrons. The van der Waals surface area contributed by atoms with E-state index >= 15 is 0 Å². The van der Waals surface area contributed by atoms with Crippen molar-refractivity contribution in [2.45, 2.75) is 4.90 Å². The standard InChI is InChI=1S/C21H17Br2N3O2S/c22-15-6-4-14(5-7-15)21(28)24-13-20(27)25-18-2-1-3-19(12-18)29-26-17-10-8-16(23)9-11-17/h1-12,26H,13H2,(H,24,28)(H,25,27). The van der Waals surface area contributed by atoms with Crippen LogP contribution in [0.15, 0.2) is 86.6 Å². The molecule has 2 amide bonds. The van der Waals surface area contributed by atoms with Crippen molar-refractivity contribution in [3.63, 3.8) is 0 Å². The maximum absolute atomic E-state index is 12.2.